The van der Waals surface area contributed by atoms with E-state index in [0.29, 0.717) is 5.56 Å². The second-order valence-electron chi connectivity index (χ2n) is 3.60. The monoisotopic (exact) mass is 303 g/mol. The van der Waals surface area contributed by atoms with Crippen LogP contribution in [0, 0.1) is 0 Å². The van der Waals surface area contributed by atoms with Gasteiger partial charge in [0.25, 0.3) is 0 Å². The average Bonchev–Trinajstić information content (AvgIpc) is 2.69. The number of H-pyrrole nitrogens is 1. The highest BCUT2D eigenvalue weighted by Gasteiger charge is 2.20. The number of hydrogen-bond donors (Lipinski definition) is 3. The predicted molar refractivity (Wildman–Crippen MR) is 67.7 cm³/mol. The molecule has 0 saturated heterocycles. The average molecular weight is 305 g/mol. The van der Waals surface area contributed by atoms with Gasteiger partial charge in [-0.2, -0.15) is 0 Å². The first-order valence-corrected chi connectivity index (χ1v) is 6.15. The van der Waals surface area contributed by atoms with Gasteiger partial charge in [-0.3, -0.25) is 0 Å². The summed E-state index contributed by atoms with van der Waals surface area (Å²) >= 11 is 8.88. The standard InChI is InChI=1S/C11H11BrClNO2/c12-6-1-2-7-8(5-14-9(7)3-6)11(16)10(15)4-13/h1-3,5,10-11,14-16H,4H2. The summed E-state index contributed by atoms with van der Waals surface area (Å²) < 4.78 is 0.959. The van der Waals surface area contributed by atoms with Crippen LogP contribution >= 0.6 is 27.5 Å². The number of hydrogen-bond acceptors (Lipinski definition) is 2. The Balaban J connectivity index is 2.45. The molecule has 0 spiro atoms. The van der Waals surface area contributed by atoms with Gasteiger partial charge in [-0.1, -0.05) is 22.0 Å². The topological polar surface area (TPSA) is 56.2 Å². The Morgan fingerprint density at radius 3 is 2.81 bits per heavy atom. The SMILES string of the molecule is OC(CCl)C(O)c1c[nH]c2cc(Br)ccc12. The molecule has 2 atom stereocenters. The summed E-state index contributed by atoms with van der Waals surface area (Å²) in [6, 6.07) is 5.69. The number of benzene rings is 1. The molecule has 16 heavy (non-hydrogen) atoms. The quantitative estimate of drug-likeness (QED) is 0.763. The number of aromatic nitrogens is 1. The lowest BCUT2D eigenvalue weighted by atomic mass is 10.0. The van der Waals surface area contributed by atoms with Crippen LogP contribution in [0.1, 0.15) is 11.7 Å². The van der Waals surface area contributed by atoms with Crippen molar-refractivity contribution in [3.05, 3.63) is 34.4 Å². The third-order valence-electron chi connectivity index (χ3n) is 2.52. The van der Waals surface area contributed by atoms with Crippen LogP contribution in [0.2, 0.25) is 0 Å². The van der Waals surface area contributed by atoms with Crippen LogP contribution < -0.4 is 0 Å². The number of aliphatic hydroxyl groups excluding tert-OH is 2. The second-order valence-corrected chi connectivity index (χ2v) is 4.82. The Hall–Kier alpha value is -0.550. The van der Waals surface area contributed by atoms with E-state index in [1.165, 1.54) is 0 Å². The van der Waals surface area contributed by atoms with Crippen molar-refractivity contribution in [1.29, 1.82) is 0 Å². The minimum atomic E-state index is -0.965. The van der Waals surface area contributed by atoms with Gasteiger partial charge in [0.05, 0.1) is 12.0 Å². The maximum atomic E-state index is 9.88. The molecule has 1 aromatic carbocycles. The summed E-state index contributed by atoms with van der Waals surface area (Å²) in [4.78, 5) is 3.04. The highest BCUT2D eigenvalue weighted by Crippen LogP contribution is 2.28. The zero-order valence-electron chi connectivity index (χ0n) is 8.32. The van der Waals surface area contributed by atoms with E-state index in [1.807, 2.05) is 18.2 Å². The van der Waals surface area contributed by atoms with Crippen molar-refractivity contribution >= 4 is 38.4 Å². The van der Waals surface area contributed by atoms with Crippen LogP contribution in [0.5, 0.6) is 0 Å². The van der Waals surface area contributed by atoms with Gasteiger partial charge in [-0.25, -0.2) is 0 Å². The van der Waals surface area contributed by atoms with Gasteiger partial charge in [0.15, 0.2) is 0 Å². The minimum Gasteiger partial charge on any atom is -0.389 e. The lowest BCUT2D eigenvalue weighted by Crippen LogP contribution is -2.19. The van der Waals surface area contributed by atoms with E-state index in [9.17, 15) is 10.2 Å². The van der Waals surface area contributed by atoms with Crippen LogP contribution in [0.15, 0.2) is 28.9 Å². The molecule has 2 unspecified atom stereocenters. The van der Waals surface area contributed by atoms with Crippen molar-refractivity contribution in [2.45, 2.75) is 12.2 Å². The van der Waals surface area contributed by atoms with Gasteiger partial charge >= 0.3 is 0 Å². The molecule has 5 heteroatoms. The van der Waals surface area contributed by atoms with Crippen LogP contribution in [0.4, 0.5) is 0 Å². The molecule has 1 heterocycles. The molecule has 2 aromatic rings. The molecule has 3 N–H and O–H groups in total. The molecule has 0 amide bonds. The van der Waals surface area contributed by atoms with E-state index in [-0.39, 0.29) is 5.88 Å². The first kappa shape index (κ1) is 11.9. The molecule has 1 aromatic heterocycles. The zero-order valence-corrected chi connectivity index (χ0v) is 10.7. The molecule has 3 nitrogen and oxygen atoms in total. The van der Waals surface area contributed by atoms with Crippen molar-refractivity contribution in [3.8, 4) is 0 Å². The molecule has 0 aliphatic heterocycles. The molecular formula is C11H11BrClNO2. The predicted octanol–water partition coefficient (Wildman–Crippen LogP) is 2.56. The van der Waals surface area contributed by atoms with Crippen LogP contribution in [-0.2, 0) is 0 Å². The maximum absolute atomic E-state index is 9.88. The van der Waals surface area contributed by atoms with Crippen molar-refractivity contribution < 1.29 is 10.2 Å². The summed E-state index contributed by atoms with van der Waals surface area (Å²) in [5.41, 5.74) is 1.57. The van der Waals surface area contributed by atoms with E-state index >= 15 is 0 Å². The number of aromatic amines is 1. The van der Waals surface area contributed by atoms with E-state index < -0.39 is 12.2 Å². The minimum absolute atomic E-state index is 0.00433. The smallest absolute Gasteiger partial charge is 0.108 e. The van der Waals surface area contributed by atoms with Crippen LogP contribution in [-0.4, -0.2) is 27.2 Å². The zero-order chi connectivity index (χ0) is 11.7. The van der Waals surface area contributed by atoms with Gasteiger partial charge in [0, 0.05) is 27.1 Å². The number of alkyl halides is 1. The van der Waals surface area contributed by atoms with Gasteiger partial charge in [-0.05, 0) is 12.1 Å². The summed E-state index contributed by atoms with van der Waals surface area (Å²) in [7, 11) is 0. The van der Waals surface area contributed by atoms with E-state index in [2.05, 4.69) is 20.9 Å². The fraction of sp³-hybridized carbons (Fsp3) is 0.273. The van der Waals surface area contributed by atoms with Crippen molar-refractivity contribution in [2.75, 3.05) is 5.88 Å². The summed E-state index contributed by atoms with van der Waals surface area (Å²) in [6.45, 7) is 0. The first-order chi connectivity index (χ1) is 7.63. The Morgan fingerprint density at radius 1 is 1.38 bits per heavy atom. The molecule has 0 saturated carbocycles. The highest BCUT2D eigenvalue weighted by atomic mass is 79.9. The first-order valence-electron chi connectivity index (χ1n) is 4.82. The van der Waals surface area contributed by atoms with Gasteiger partial charge in [-0.15, -0.1) is 11.6 Å². The maximum Gasteiger partial charge on any atom is 0.108 e. The molecule has 0 radical (unpaired) electrons. The summed E-state index contributed by atoms with van der Waals surface area (Å²) in [5, 5.41) is 20.3. The molecule has 86 valence electrons. The fourth-order valence-corrected chi connectivity index (χ4v) is 2.19. The molecule has 0 fully saturated rings. The lowest BCUT2D eigenvalue weighted by molar-refractivity contribution is 0.0336. The lowest BCUT2D eigenvalue weighted by Gasteiger charge is -2.14. The van der Waals surface area contributed by atoms with Gasteiger partial charge in [0.2, 0.25) is 0 Å². The van der Waals surface area contributed by atoms with Crippen molar-refractivity contribution in [3.63, 3.8) is 0 Å². The number of rotatable bonds is 3. The number of nitrogens with one attached hydrogen (secondary N) is 1. The Morgan fingerprint density at radius 2 is 2.12 bits per heavy atom. The summed E-state index contributed by atoms with van der Waals surface area (Å²) in [6.07, 6.45) is -0.228. The van der Waals surface area contributed by atoms with E-state index in [1.54, 1.807) is 6.20 Å². The number of fused-ring (bicyclic) bond motifs is 1. The molecule has 0 aliphatic rings. The fourth-order valence-electron chi connectivity index (χ4n) is 1.66. The van der Waals surface area contributed by atoms with Crippen molar-refractivity contribution in [1.82, 2.24) is 4.98 Å². The Labute approximate surface area is 106 Å². The third-order valence-corrected chi connectivity index (χ3v) is 3.33. The van der Waals surface area contributed by atoms with Crippen LogP contribution in [0.25, 0.3) is 10.9 Å². The van der Waals surface area contributed by atoms with Gasteiger partial charge in [0.1, 0.15) is 6.10 Å². The molecule has 2 rings (SSSR count). The van der Waals surface area contributed by atoms with Gasteiger partial charge < -0.3 is 15.2 Å². The molecule has 0 aliphatic carbocycles. The van der Waals surface area contributed by atoms with Crippen LogP contribution in [0.3, 0.4) is 0 Å². The second kappa shape index (κ2) is 4.75. The molecule has 0 bridgehead atoms. The van der Waals surface area contributed by atoms with Crippen molar-refractivity contribution in [2.24, 2.45) is 0 Å². The Bertz CT molecular complexity index is 500. The van der Waals surface area contributed by atoms with E-state index in [0.717, 1.165) is 15.4 Å². The summed E-state index contributed by atoms with van der Waals surface area (Å²) in [5.74, 6) is 0.00433. The van der Waals surface area contributed by atoms with E-state index in [4.69, 9.17) is 11.6 Å². The number of aliphatic hydroxyl groups is 2. The largest absolute Gasteiger partial charge is 0.389 e. The normalized spacial score (nSPS) is 15.2. The number of halogens is 2. The Kier molecular flexibility index (Phi) is 3.54. The highest BCUT2D eigenvalue weighted by molar-refractivity contribution is 9.10. The third kappa shape index (κ3) is 2.11. The molecular weight excluding hydrogens is 293 g/mol.